The van der Waals surface area contributed by atoms with Crippen LogP contribution in [0.1, 0.15) is 29.8 Å². The maximum Gasteiger partial charge on any atom is 0.251 e. The molecular formula is C13H18INO2. The van der Waals surface area contributed by atoms with Gasteiger partial charge in [0, 0.05) is 16.0 Å². The number of carbonyl (C=O) groups excluding carboxylic acids is 1. The summed E-state index contributed by atoms with van der Waals surface area (Å²) in [6.07, 6.45) is 0. The van der Waals surface area contributed by atoms with Crippen molar-refractivity contribution < 1.29 is 9.90 Å². The molecule has 0 aromatic heterocycles. The Kier molecular flexibility index (Phi) is 5.24. The number of alkyl halides is 1. The number of benzene rings is 1. The van der Waals surface area contributed by atoms with Gasteiger partial charge in [-0.25, -0.2) is 0 Å². The van der Waals surface area contributed by atoms with Crippen molar-refractivity contribution in [3.8, 4) is 5.75 Å². The molecule has 1 unspecified atom stereocenters. The Labute approximate surface area is 116 Å². The number of carbonyl (C=O) groups is 1. The first-order valence-corrected chi connectivity index (χ1v) is 7.14. The molecule has 1 aromatic rings. The quantitative estimate of drug-likeness (QED) is 0.650. The van der Waals surface area contributed by atoms with Crippen molar-refractivity contribution in [3.63, 3.8) is 0 Å². The zero-order chi connectivity index (χ0) is 13.0. The van der Waals surface area contributed by atoms with E-state index in [2.05, 4.69) is 41.8 Å². The summed E-state index contributed by atoms with van der Waals surface area (Å²) in [7, 11) is 0. The van der Waals surface area contributed by atoms with Crippen molar-refractivity contribution >= 4 is 28.5 Å². The Bertz CT molecular complexity index is 404. The molecule has 2 N–H and O–H groups in total. The minimum atomic E-state index is -0.0801. The van der Waals surface area contributed by atoms with Crippen molar-refractivity contribution in [1.29, 1.82) is 0 Å². The fourth-order valence-corrected chi connectivity index (χ4v) is 2.67. The molecule has 0 heterocycles. The molecule has 1 atom stereocenters. The lowest BCUT2D eigenvalue weighted by Crippen LogP contribution is -2.39. The van der Waals surface area contributed by atoms with E-state index in [1.807, 2.05) is 0 Å². The summed E-state index contributed by atoms with van der Waals surface area (Å²) in [6, 6.07) is 5.08. The Morgan fingerprint density at radius 3 is 2.59 bits per heavy atom. The highest BCUT2D eigenvalue weighted by Crippen LogP contribution is 2.17. The van der Waals surface area contributed by atoms with Crippen molar-refractivity contribution in [1.82, 2.24) is 5.32 Å². The fourth-order valence-electron chi connectivity index (χ4n) is 1.43. The van der Waals surface area contributed by atoms with Gasteiger partial charge in [-0.2, -0.15) is 0 Å². The molecule has 17 heavy (non-hydrogen) atoms. The molecule has 3 nitrogen and oxygen atoms in total. The largest absolute Gasteiger partial charge is 0.508 e. The number of phenolic OH excluding ortho intramolecular Hbond substituents is 1. The van der Waals surface area contributed by atoms with Gasteiger partial charge in [0.25, 0.3) is 5.91 Å². The maximum atomic E-state index is 12.0. The average Bonchev–Trinajstić information content (AvgIpc) is 2.28. The number of phenols is 1. The molecule has 1 amide bonds. The van der Waals surface area contributed by atoms with Gasteiger partial charge < -0.3 is 10.4 Å². The van der Waals surface area contributed by atoms with Crippen LogP contribution in [0.15, 0.2) is 18.2 Å². The van der Waals surface area contributed by atoms with E-state index < -0.39 is 0 Å². The van der Waals surface area contributed by atoms with E-state index in [-0.39, 0.29) is 17.7 Å². The zero-order valence-corrected chi connectivity index (χ0v) is 12.5. The Morgan fingerprint density at radius 2 is 2.12 bits per heavy atom. The monoisotopic (exact) mass is 347 g/mol. The van der Waals surface area contributed by atoms with Gasteiger partial charge in [-0.05, 0) is 36.6 Å². The fraction of sp³-hybridized carbons (Fsp3) is 0.462. The molecule has 0 aliphatic heterocycles. The van der Waals surface area contributed by atoms with Crippen LogP contribution in [0.25, 0.3) is 0 Å². The second kappa shape index (κ2) is 6.23. The van der Waals surface area contributed by atoms with Crippen LogP contribution in [0, 0.1) is 12.8 Å². The molecule has 0 bridgehead atoms. The van der Waals surface area contributed by atoms with E-state index in [1.165, 1.54) is 0 Å². The van der Waals surface area contributed by atoms with Gasteiger partial charge in [-0.15, -0.1) is 0 Å². The van der Waals surface area contributed by atoms with Gasteiger partial charge in [0.2, 0.25) is 0 Å². The van der Waals surface area contributed by atoms with Crippen LogP contribution in [0.2, 0.25) is 0 Å². The lowest BCUT2D eigenvalue weighted by molar-refractivity contribution is 0.0932. The minimum Gasteiger partial charge on any atom is -0.508 e. The summed E-state index contributed by atoms with van der Waals surface area (Å²) < 4.78 is 0.887. The van der Waals surface area contributed by atoms with Gasteiger partial charge in [-0.1, -0.05) is 36.4 Å². The summed E-state index contributed by atoms with van der Waals surface area (Å²) in [5.41, 5.74) is 1.31. The highest BCUT2D eigenvalue weighted by atomic mass is 127. The summed E-state index contributed by atoms with van der Waals surface area (Å²) in [4.78, 5) is 12.0. The predicted octanol–water partition coefficient (Wildman–Crippen LogP) is 2.89. The van der Waals surface area contributed by atoms with Gasteiger partial charge in [-0.3, -0.25) is 4.79 Å². The predicted molar refractivity (Wildman–Crippen MR) is 77.8 cm³/mol. The number of hydrogen-bond acceptors (Lipinski definition) is 2. The molecule has 0 saturated carbocycles. The third kappa shape index (κ3) is 3.87. The van der Waals surface area contributed by atoms with Crippen molar-refractivity contribution in [2.45, 2.75) is 26.8 Å². The molecule has 0 aliphatic rings. The van der Waals surface area contributed by atoms with Gasteiger partial charge >= 0.3 is 0 Å². The molecule has 1 aromatic carbocycles. The van der Waals surface area contributed by atoms with Gasteiger partial charge in [0.15, 0.2) is 0 Å². The molecule has 0 saturated heterocycles. The Morgan fingerprint density at radius 1 is 1.47 bits per heavy atom. The number of aryl methyl sites for hydroxylation is 1. The van der Waals surface area contributed by atoms with Crippen molar-refractivity contribution in [2.75, 3.05) is 4.43 Å². The number of nitrogens with one attached hydrogen (secondary N) is 1. The Balaban J connectivity index is 2.79. The molecule has 94 valence electrons. The van der Waals surface area contributed by atoms with Crippen LogP contribution in [-0.2, 0) is 0 Å². The van der Waals surface area contributed by atoms with Crippen molar-refractivity contribution in [3.05, 3.63) is 29.3 Å². The molecule has 0 aliphatic carbocycles. The first kappa shape index (κ1) is 14.3. The number of halogens is 1. The highest BCUT2D eigenvalue weighted by Gasteiger charge is 2.16. The third-order valence-electron chi connectivity index (χ3n) is 2.75. The number of rotatable bonds is 4. The van der Waals surface area contributed by atoms with Crippen LogP contribution in [-0.4, -0.2) is 21.5 Å². The van der Waals surface area contributed by atoms with Crippen LogP contribution in [0.4, 0.5) is 0 Å². The summed E-state index contributed by atoms with van der Waals surface area (Å²) in [5, 5.41) is 12.4. The van der Waals surface area contributed by atoms with E-state index in [0.717, 1.165) is 4.43 Å². The van der Waals surface area contributed by atoms with E-state index >= 15 is 0 Å². The number of amides is 1. The van der Waals surface area contributed by atoms with E-state index in [0.29, 0.717) is 17.0 Å². The van der Waals surface area contributed by atoms with Crippen LogP contribution in [0.3, 0.4) is 0 Å². The third-order valence-corrected chi connectivity index (χ3v) is 3.70. The maximum absolute atomic E-state index is 12.0. The zero-order valence-electron chi connectivity index (χ0n) is 10.3. The second-order valence-electron chi connectivity index (χ2n) is 4.48. The van der Waals surface area contributed by atoms with Crippen LogP contribution >= 0.6 is 22.6 Å². The first-order valence-electron chi connectivity index (χ1n) is 5.62. The lowest BCUT2D eigenvalue weighted by Gasteiger charge is -2.20. The number of hydrogen-bond donors (Lipinski definition) is 2. The van der Waals surface area contributed by atoms with Crippen LogP contribution < -0.4 is 5.32 Å². The van der Waals surface area contributed by atoms with Crippen molar-refractivity contribution in [2.24, 2.45) is 5.92 Å². The summed E-state index contributed by atoms with van der Waals surface area (Å²) >= 11 is 2.27. The van der Waals surface area contributed by atoms with Gasteiger partial charge in [0.1, 0.15) is 5.75 Å². The molecule has 0 spiro atoms. The Hall–Kier alpha value is -0.780. The smallest absolute Gasteiger partial charge is 0.251 e. The lowest BCUT2D eigenvalue weighted by atomic mass is 10.1. The van der Waals surface area contributed by atoms with E-state index in [4.69, 9.17) is 0 Å². The molecule has 0 radical (unpaired) electrons. The minimum absolute atomic E-state index is 0.0801. The molecule has 1 rings (SSSR count). The topological polar surface area (TPSA) is 49.3 Å². The summed E-state index contributed by atoms with van der Waals surface area (Å²) in [5.74, 6) is 0.549. The number of aromatic hydroxyl groups is 1. The average molecular weight is 347 g/mol. The van der Waals surface area contributed by atoms with Crippen LogP contribution in [0.5, 0.6) is 5.75 Å². The van der Waals surface area contributed by atoms with Gasteiger partial charge in [0.05, 0.1) is 0 Å². The molecule has 0 fully saturated rings. The van der Waals surface area contributed by atoms with E-state index in [1.54, 1.807) is 25.1 Å². The first-order chi connectivity index (χ1) is 7.95. The standard InChI is InChI=1S/C13H18INO2/c1-8(2)11(7-14)15-13(17)10-4-5-12(16)9(3)6-10/h4-6,8,11,16H,7H2,1-3H3,(H,15,17). The van der Waals surface area contributed by atoms with E-state index in [9.17, 15) is 9.90 Å². The highest BCUT2D eigenvalue weighted by molar-refractivity contribution is 14.1. The molecular weight excluding hydrogens is 329 g/mol. The normalized spacial score (nSPS) is 12.5. The second-order valence-corrected chi connectivity index (χ2v) is 5.36. The summed E-state index contributed by atoms with van der Waals surface area (Å²) in [6.45, 7) is 5.96. The SMILES string of the molecule is Cc1cc(C(=O)NC(CI)C(C)C)ccc1O. The molecule has 4 heteroatoms.